The molecule has 1 aromatic heterocycles. The highest BCUT2D eigenvalue weighted by Gasteiger charge is 2.14. The van der Waals surface area contributed by atoms with Gasteiger partial charge < -0.3 is 10.5 Å². The number of nitrogens with two attached hydrogens (primary N) is 1. The maximum absolute atomic E-state index is 6.35. The van der Waals surface area contributed by atoms with E-state index >= 15 is 0 Å². The number of benzene rings is 1. The second-order valence-electron chi connectivity index (χ2n) is 5.21. The van der Waals surface area contributed by atoms with Gasteiger partial charge in [-0.25, -0.2) is 0 Å². The van der Waals surface area contributed by atoms with Crippen molar-refractivity contribution >= 4 is 11.3 Å². The van der Waals surface area contributed by atoms with E-state index in [0.717, 1.165) is 30.6 Å². The van der Waals surface area contributed by atoms with Gasteiger partial charge in [-0.3, -0.25) is 0 Å². The molecule has 108 valence electrons. The summed E-state index contributed by atoms with van der Waals surface area (Å²) in [5.41, 5.74) is 9.92. The van der Waals surface area contributed by atoms with Crippen molar-refractivity contribution in [3.05, 3.63) is 51.2 Å². The molecule has 0 radical (unpaired) electrons. The third kappa shape index (κ3) is 3.41. The number of hydrogen-bond donors (Lipinski definition) is 1. The van der Waals surface area contributed by atoms with Crippen molar-refractivity contribution in [3.63, 3.8) is 0 Å². The summed E-state index contributed by atoms with van der Waals surface area (Å²) in [6, 6.07) is 8.58. The van der Waals surface area contributed by atoms with Crippen LogP contribution in [0.4, 0.5) is 0 Å². The van der Waals surface area contributed by atoms with Gasteiger partial charge in [0.1, 0.15) is 5.75 Å². The number of ether oxygens (including phenoxy) is 1. The average Bonchev–Trinajstić information content (AvgIpc) is 2.94. The molecule has 0 saturated carbocycles. The molecule has 2 rings (SSSR count). The summed E-state index contributed by atoms with van der Waals surface area (Å²) in [6.07, 6.45) is 3.20. The Labute approximate surface area is 125 Å². The first-order valence-electron chi connectivity index (χ1n) is 7.05. The largest absolute Gasteiger partial charge is 0.496 e. The number of rotatable bonds is 6. The van der Waals surface area contributed by atoms with E-state index in [9.17, 15) is 0 Å². The minimum atomic E-state index is 0.0456. The predicted octanol–water partition coefficient (Wildman–Crippen LogP) is 4.40. The lowest BCUT2D eigenvalue weighted by Crippen LogP contribution is -2.12. The SMILES string of the molecule is COc1c(C(N)CCCc2cccs2)ccc(C)c1C. The lowest BCUT2D eigenvalue weighted by atomic mass is 9.96. The number of hydrogen-bond acceptors (Lipinski definition) is 3. The van der Waals surface area contributed by atoms with Crippen molar-refractivity contribution in [2.24, 2.45) is 5.73 Å². The maximum Gasteiger partial charge on any atom is 0.126 e. The zero-order valence-electron chi connectivity index (χ0n) is 12.5. The zero-order chi connectivity index (χ0) is 14.5. The van der Waals surface area contributed by atoms with Crippen LogP contribution in [0.3, 0.4) is 0 Å². The van der Waals surface area contributed by atoms with Crippen LogP contribution in [0.5, 0.6) is 5.75 Å². The molecule has 2 aromatic rings. The van der Waals surface area contributed by atoms with Crippen LogP contribution in [-0.2, 0) is 6.42 Å². The first-order valence-corrected chi connectivity index (χ1v) is 7.93. The Morgan fingerprint density at radius 3 is 2.70 bits per heavy atom. The molecule has 2 N–H and O–H groups in total. The zero-order valence-corrected chi connectivity index (χ0v) is 13.3. The Morgan fingerprint density at radius 1 is 1.25 bits per heavy atom. The van der Waals surface area contributed by atoms with Gasteiger partial charge in [-0.05, 0) is 55.7 Å². The van der Waals surface area contributed by atoms with Gasteiger partial charge in [0.25, 0.3) is 0 Å². The summed E-state index contributed by atoms with van der Waals surface area (Å²) in [5, 5.41) is 2.13. The molecular weight excluding hydrogens is 266 g/mol. The van der Waals surface area contributed by atoms with Gasteiger partial charge in [0.05, 0.1) is 7.11 Å². The highest BCUT2D eigenvalue weighted by atomic mass is 32.1. The van der Waals surface area contributed by atoms with Crippen LogP contribution in [-0.4, -0.2) is 7.11 Å². The molecule has 0 aliphatic rings. The van der Waals surface area contributed by atoms with Crippen LogP contribution in [0.25, 0.3) is 0 Å². The molecule has 0 bridgehead atoms. The van der Waals surface area contributed by atoms with E-state index in [4.69, 9.17) is 10.5 Å². The summed E-state index contributed by atoms with van der Waals surface area (Å²) in [4.78, 5) is 1.43. The standard InChI is InChI=1S/C17H23NOS/c1-12-9-10-15(17(19-3)13(12)2)16(18)8-4-6-14-7-5-11-20-14/h5,7,9-11,16H,4,6,8,18H2,1-3H3. The molecular formula is C17H23NOS. The second-order valence-corrected chi connectivity index (χ2v) is 6.24. The fourth-order valence-corrected chi connectivity index (χ4v) is 3.23. The summed E-state index contributed by atoms with van der Waals surface area (Å²) in [5.74, 6) is 0.952. The second kappa shape index (κ2) is 6.91. The fraction of sp³-hybridized carbons (Fsp3) is 0.412. The highest BCUT2D eigenvalue weighted by Crippen LogP contribution is 2.32. The topological polar surface area (TPSA) is 35.2 Å². The van der Waals surface area contributed by atoms with Gasteiger partial charge in [0.2, 0.25) is 0 Å². The van der Waals surface area contributed by atoms with Gasteiger partial charge in [0, 0.05) is 16.5 Å². The third-order valence-electron chi connectivity index (χ3n) is 3.83. The van der Waals surface area contributed by atoms with Crippen LogP contribution in [0.1, 0.15) is 40.5 Å². The van der Waals surface area contributed by atoms with E-state index in [2.05, 4.69) is 43.5 Å². The van der Waals surface area contributed by atoms with E-state index in [1.165, 1.54) is 16.0 Å². The predicted molar refractivity (Wildman–Crippen MR) is 86.7 cm³/mol. The van der Waals surface area contributed by atoms with Gasteiger partial charge in [-0.15, -0.1) is 11.3 Å². The Morgan fingerprint density at radius 2 is 2.05 bits per heavy atom. The third-order valence-corrected chi connectivity index (χ3v) is 4.77. The smallest absolute Gasteiger partial charge is 0.126 e. The molecule has 0 aliphatic carbocycles. The Bertz CT molecular complexity index is 548. The van der Waals surface area contributed by atoms with E-state index < -0.39 is 0 Å². The Kier molecular flexibility index (Phi) is 5.21. The molecule has 0 amide bonds. The quantitative estimate of drug-likeness (QED) is 0.855. The van der Waals surface area contributed by atoms with Crippen molar-refractivity contribution in [3.8, 4) is 5.75 Å². The molecule has 0 fully saturated rings. The Hall–Kier alpha value is -1.32. The maximum atomic E-state index is 6.35. The molecule has 0 spiro atoms. The van der Waals surface area contributed by atoms with E-state index in [0.29, 0.717) is 0 Å². The first-order chi connectivity index (χ1) is 9.63. The molecule has 2 nitrogen and oxygen atoms in total. The Balaban J connectivity index is 2.01. The molecule has 3 heteroatoms. The number of thiophene rings is 1. The van der Waals surface area contributed by atoms with Crippen molar-refractivity contribution in [2.45, 2.75) is 39.2 Å². The molecule has 0 aliphatic heterocycles. The summed E-state index contributed by atoms with van der Waals surface area (Å²) >= 11 is 1.82. The van der Waals surface area contributed by atoms with E-state index in [1.807, 2.05) is 11.3 Å². The number of aryl methyl sites for hydroxylation is 2. The normalized spacial score (nSPS) is 12.4. The van der Waals surface area contributed by atoms with Crippen molar-refractivity contribution in [1.82, 2.24) is 0 Å². The van der Waals surface area contributed by atoms with Crippen molar-refractivity contribution in [2.75, 3.05) is 7.11 Å². The minimum Gasteiger partial charge on any atom is -0.496 e. The van der Waals surface area contributed by atoms with Crippen LogP contribution in [0.15, 0.2) is 29.6 Å². The van der Waals surface area contributed by atoms with Gasteiger partial charge in [-0.1, -0.05) is 18.2 Å². The van der Waals surface area contributed by atoms with Gasteiger partial charge in [0.15, 0.2) is 0 Å². The van der Waals surface area contributed by atoms with Crippen LogP contribution < -0.4 is 10.5 Å². The molecule has 1 unspecified atom stereocenters. The summed E-state index contributed by atoms with van der Waals surface area (Å²) < 4.78 is 5.55. The number of methoxy groups -OCH3 is 1. The van der Waals surface area contributed by atoms with Crippen LogP contribution in [0.2, 0.25) is 0 Å². The molecule has 1 aromatic carbocycles. The molecule has 1 atom stereocenters. The lowest BCUT2D eigenvalue weighted by molar-refractivity contribution is 0.400. The monoisotopic (exact) mass is 289 g/mol. The molecule has 20 heavy (non-hydrogen) atoms. The van der Waals surface area contributed by atoms with Gasteiger partial charge >= 0.3 is 0 Å². The average molecular weight is 289 g/mol. The summed E-state index contributed by atoms with van der Waals surface area (Å²) in [6.45, 7) is 4.19. The lowest BCUT2D eigenvalue weighted by Gasteiger charge is -2.18. The van der Waals surface area contributed by atoms with E-state index in [-0.39, 0.29) is 6.04 Å². The van der Waals surface area contributed by atoms with Crippen LogP contribution in [0, 0.1) is 13.8 Å². The summed E-state index contributed by atoms with van der Waals surface area (Å²) in [7, 11) is 1.73. The van der Waals surface area contributed by atoms with Gasteiger partial charge in [-0.2, -0.15) is 0 Å². The first kappa shape index (κ1) is 15.1. The molecule has 1 heterocycles. The van der Waals surface area contributed by atoms with E-state index in [1.54, 1.807) is 7.11 Å². The van der Waals surface area contributed by atoms with Crippen molar-refractivity contribution < 1.29 is 4.74 Å². The fourth-order valence-electron chi connectivity index (χ4n) is 2.48. The highest BCUT2D eigenvalue weighted by molar-refractivity contribution is 7.09. The minimum absolute atomic E-state index is 0.0456. The van der Waals surface area contributed by atoms with Crippen LogP contribution >= 0.6 is 11.3 Å². The van der Waals surface area contributed by atoms with Crippen molar-refractivity contribution in [1.29, 1.82) is 0 Å². The molecule has 0 saturated heterocycles.